The second kappa shape index (κ2) is 13.9. The molecule has 2 heterocycles. The summed E-state index contributed by atoms with van der Waals surface area (Å²) in [6, 6.07) is 16.8. The summed E-state index contributed by atoms with van der Waals surface area (Å²) in [5.41, 5.74) is 2.54. The fraction of sp³-hybridized carbons (Fsp3) is 0.520. The van der Waals surface area contributed by atoms with E-state index in [1.807, 2.05) is 6.07 Å². The summed E-state index contributed by atoms with van der Waals surface area (Å²) in [6.07, 6.45) is 1.29. The predicted octanol–water partition coefficient (Wildman–Crippen LogP) is -5.66. The molecule has 33 heavy (non-hydrogen) atoms. The van der Waals surface area contributed by atoms with Crippen molar-refractivity contribution in [2.75, 3.05) is 84.6 Å². The Kier molecular flexibility index (Phi) is 11.6. The Balaban J connectivity index is 0.00000193. The van der Waals surface area contributed by atoms with Gasteiger partial charge >= 0.3 is 0 Å². The highest BCUT2D eigenvalue weighted by molar-refractivity contribution is 5.58. The predicted molar refractivity (Wildman–Crippen MR) is 125 cm³/mol. The Bertz CT molecular complexity index is 758. The molecule has 0 radical (unpaired) electrons. The third kappa shape index (κ3) is 7.14. The van der Waals surface area contributed by atoms with Crippen LogP contribution in [0.4, 0.5) is 11.4 Å². The van der Waals surface area contributed by atoms with E-state index < -0.39 is 0 Å². The van der Waals surface area contributed by atoms with Crippen LogP contribution in [0.15, 0.2) is 48.5 Å². The molecule has 2 aromatic rings. The van der Waals surface area contributed by atoms with Gasteiger partial charge in [0.15, 0.2) is 11.4 Å². The molecule has 2 aromatic carbocycles. The number of quaternary nitrogens is 2. The zero-order chi connectivity index (χ0) is 21.5. The summed E-state index contributed by atoms with van der Waals surface area (Å²) >= 11 is 0. The minimum absolute atomic E-state index is 0. The second-order valence-corrected chi connectivity index (χ2v) is 8.66. The third-order valence-electron chi connectivity index (χ3n) is 6.85. The van der Waals surface area contributed by atoms with Gasteiger partial charge in [-0.2, -0.15) is 0 Å². The number of benzene rings is 2. The van der Waals surface area contributed by atoms with Gasteiger partial charge in [0.05, 0.1) is 26.5 Å². The fourth-order valence-electron chi connectivity index (χ4n) is 5.02. The minimum Gasteiger partial charge on any atom is -1.00 e. The largest absolute Gasteiger partial charge is 1.00 e. The topological polar surface area (TPSA) is 33.8 Å². The smallest absolute Gasteiger partial charge is 0.179 e. The van der Waals surface area contributed by atoms with E-state index in [0.29, 0.717) is 0 Å². The van der Waals surface area contributed by atoms with E-state index >= 15 is 0 Å². The van der Waals surface area contributed by atoms with Crippen molar-refractivity contribution in [3.8, 4) is 11.5 Å². The molecule has 0 aliphatic carbocycles. The fourth-order valence-corrected chi connectivity index (χ4v) is 5.02. The van der Waals surface area contributed by atoms with Crippen LogP contribution < -0.4 is 49.0 Å². The van der Waals surface area contributed by atoms with E-state index in [1.54, 1.807) is 24.0 Å². The molecule has 2 aliphatic rings. The molecule has 2 aliphatic heterocycles. The maximum atomic E-state index is 5.56. The molecular weight excluding hydrogens is 459 g/mol. The molecule has 0 aromatic heterocycles. The Labute approximate surface area is 211 Å². The van der Waals surface area contributed by atoms with Crippen molar-refractivity contribution in [1.82, 2.24) is 4.90 Å². The lowest BCUT2D eigenvalue weighted by molar-refractivity contribution is -0.986. The first-order chi connectivity index (χ1) is 15.3. The number of anilines is 1. The number of ether oxygens (including phenoxy) is 2. The van der Waals surface area contributed by atoms with E-state index in [1.165, 1.54) is 57.1 Å². The van der Waals surface area contributed by atoms with Crippen molar-refractivity contribution in [3.05, 3.63) is 48.5 Å². The summed E-state index contributed by atoms with van der Waals surface area (Å²) in [5.74, 6) is 2.00. The number of rotatable bonds is 8. The minimum atomic E-state index is 0. The van der Waals surface area contributed by atoms with E-state index in [-0.39, 0.29) is 24.8 Å². The number of nitrogens with zero attached hydrogens (tertiary/aromatic N) is 2. The number of halogens is 2. The SMILES string of the molecule is COc1ccccc1N1CCN(CCC[NH+]2CC[NH+](c3ccccc3OC)CC2)CC1.[Cl-].[Cl-]. The average molecular weight is 498 g/mol. The van der Waals surface area contributed by atoms with Gasteiger partial charge in [0.2, 0.25) is 0 Å². The van der Waals surface area contributed by atoms with Gasteiger partial charge in [0.25, 0.3) is 0 Å². The molecular formula is C25H38Cl2N4O2. The van der Waals surface area contributed by atoms with Crippen molar-refractivity contribution in [3.63, 3.8) is 0 Å². The maximum Gasteiger partial charge on any atom is 0.179 e. The van der Waals surface area contributed by atoms with Crippen LogP contribution in [0.25, 0.3) is 0 Å². The van der Waals surface area contributed by atoms with Gasteiger partial charge in [-0.1, -0.05) is 24.3 Å². The molecule has 6 nitrogen and oxygen atoms in total. The zero-order valence-electron chi connectivity index (χ0n) is 19.9. The quantitative estimate of drug-likeness (QED) is 0.381. The molecule has 2 N–H and O–H groups in total. The molecule has 0 amide bonds. The Morgan fingerprint density at radius 2 is 1.36 bits per heavy atom. The van der Waals surface area contributed by atoms with Gasteiger partial charge in [-0.25, -0.2) is 0 Å². The summed E-state index contributed by atoms with van der Waals surface area (Å²) in [6.45, 7) is 11.8. The van der Waals surface area contributed by atoms with Crippen molar-refractivity contribution in [1.29, 1.82) is 0 Å². The van der Waals surface area contributed by atoms with E-state index in [0.717, 1.165) is 37.7 Å². The highest BCUT2D eigenvalue weighted by Crippen LogP contribution is 2.28. The van der Waals surface area contributed by atoms with E-state index in [9.17, 15) is 0 Å². The Morgan fingerprint density at radius 3 is 2.03 bits per heavy atom. The van der Waals surface area contributed by atoms with Gasteiger partial charge in [-0.3, -0.25) is 9.80 Å². The standard InChI is InChI=1S/C25H36N4O2.2ClH/c1-30-24-10-5-3-8-22(24)28-18-14-26(15-19-28)12-7-13-27-16-20-29(21-17-27)23-9-4-6-11-25(23)31-2;;/h3-6,8-11H,7,12-21H2,1-2H3;2*1H. The Morgan fingerprint density at radius 1 is 0.758 bits per heavy atom. The highest BCUT2D eigenvalue weighted by Gasteiger charge is 2.26. The van der Waals surface area contributed by atoms with Crippen LogP contribution in [0.3, 0.4) is 0 Å². The molecule has 8 heteroatoms. The number of hydrogen-bond acceptors (Lipinski definition) is 4. The zero-order valence-corrected chi connectivity index (χ0v) is 21.4. The summed E-state index contributed by atoms with van der Waals surface area (Å²) in [4.78, 5) is 8.40. The van der Waals surface area contributed by atoms with Gasteiger partial charge in [-0.15, -0.1) is 0 Å². The molecule has 0 bridgehead atoms. The van der Waals surface area contributed by atoms with Crippen LogP contribution in [-0.2, 0) is 0 Å². The summed E-state index contributed by atoms with van der Waals surface area (Å²) < 4.78 is 11.1. The van der Waals surface area contributed by atoms with Crippen LogP contribution in [-0.4, -0.2) is 84.6 Å². The van der Waals surface area contributed by atoms with Crippen LogP contribution in [0.5, 0.6) is 11.5 Å². The number of nitrogens with one attached hydrogen (secondary N) is 2. The number of piperazine rings is 2. The number of methoxy groups -OCH3 is 2. The third-order valence-corrected chi connectivity index (χ3v) is 6.85. The van der Waals surface area contributed by atoms with Crippen molar-refractivity contribution in [2.45, 2.75) is 6.42 Å². The number of para-hydroxylation sites is 4. The molecule has 2 saturated heterocycles. The van der Waals surface area contributed by atoms with Crippen LogP contribution in [0.1, 0.15) is 6.42 Å². The lowest BCUT2D eigenvalue weighted by atomic mass is 10.2. The van der Waals surface area contributed by atoms with Gasteiger partial charge < -0.3 is 44.1 Å². The summed E-state index contributed by atoms with van der Waals surface area (Å²) in [7, 11) is 3.53. The van der Waals surface area contributed by atoms with E-state index in [2.05, 4.69) is 52.3 Å². The maximum absolute atomic E-state index is 5.56. The second-order valence-electron chi connectivity index (χ2n) is 8.66. The average Bonchev–Trinajstić information content (AvgIpc) is 2.85. The molecule has 184 valence electrons. The van der Waals surface area contributed by atoms with Crippen LogP contribution in [0.2, 0.25) is 0 Å². The molecule has 0 atom stereocenters. The lowest BCUT2D eigenvalue weighted by Gasteiger charge is -2.37. The lowest BCUT2D eigenvalue weighted by Crippen LogP contribution is -3.26. The first-order valence-corrected chi connectivity index (χ1v) is 11.7. The monoisotopic (exact) mass is 496 g/mol. The molecule has 0 spiro atoms. The molecule has 4 rings (SSSR count). The molecule has 0 saturated carbocycles. The van der Waals surface area contributed by atoms with Crippen molar-refractivity contribution >= 4 is 11.4 Å². The van der Waals surface area contributed by atoms with Crippen LogP contribution >= 0.6 is 0 Å². The normalized spacial score (nSPS) is 21.0. The van der Waals surface area contributed by atoms with Crippen molar-refractivity contribution in [2.24, 2.45) is 0 Å². The van der Waals surface area contributed by atoms with Crippen molar-refractivity contribution < 1.29 is 44.1 Å². The molecule has 2 fully saturated rings. The van der Waals surface area contributed by atoms with Gasteiger partial charge in [0, 0.05) is 45.2 Å². The van der Waals surface area contributed by atoms with Gasteiger partial charge in [-0.05, 0) is 18.2 Å². The first kappa shape index (κ1) is 27.5. The van der Waals surface area contributed by atoms with E-state index in [4.69, 9.17) is 9.47 Å². The van der Waals surface area contributed by atoms with Crippen LogP contribution in [0, 0.1) is 0 Å². The van der Waals surface area contributed by atoms with Gasteiger partial charge in [0.1, 0.15) is 31.9 Å². The number of hydrogen-bond donors (Lipinski definition) is 2. The molecule has 0 unspecified atom stereocenters. The summed E-state index contributed by atoms with van der Waals surface area (Å²) in [5, 5.41) is 0. The first-order valence-electron chi connectivity index (χ1n) is 11.7. The Hall–Kier alpha value is -1.70. The highest BCUT2D eigenvalue weighted by atomic mass is 35.5.